The third-order valence-corrected chi connectivity index (χ3v) is 4.13. The molecule has 0 atom stereocenters. The number of benzene rings is 2. The summed E-state index contributed by atoms with van der Waals surface area (Å²) < 4.78 is 13.6. The predicted octanol–water partition coefficient (Wildman–Crippen LogP) is 3.51. The van der Waals surface area contributed by atoms with Crippen molar-refractivity contribution in [3.8, 4) is 0 Å². The normalized spacial score (nSPS) is 10.4. The fourth-order valence-electron chi connectivity index (χ4n) is 2.55. The SMILES string of the molecule is Cc1ccc(CNc2ccc(C(=O)NCCc3ccccc3F)nn2)cc1. The van der Waals surface area contributed by atoms with Crippen LogP contribution in [0.1, 0.15) is 27.2 Å². The molecule has 5 nitrogen and oxygen atoms in total. The number of amides is 1. The average Bonchev–Trinajstić information content (AvgIpc) is 2.69. The number of nitrogens with one attached hydrogen (secondary N) is 2. The van der Waals surface area contributed by atoms with E-state index in [0.29, 0.717) is 30.9 Å². The van der Waals surface area contributed by atoms with E-state index in [4.69, 9.17) is 0 Å². The summed E-state index contributed by atoms with van der Waals surface area (Å²) in [6.45, 7) is 3.00. The molecule has 2 N–H and O–H groups in total. The van der Waals surface area contributed by atoms with Crippen LogP contribution in [0.15, 0.2) is 60.7 Å². The van der Waals surface area contributed by atoms with E-state index >= 15 is 0 Å². The summed E-state index contributed by atoms with van der Waals surface area (Å²) in [5, 5.41) is 13.9. The Hall–Kier alpha value is -3.28. The van der Waals surface area contributed by atoms with Crippen molar-refractivity contribution >= 4 is 11.7 Å². The van der Waals surface area contributed by atoms with Gasteiger partial charge in [0.15, 0.2) is 5.69 Å². The third kappa shape index (κ3) is 5.34. The Morgan fingerprint density at radius 1 is 1.00 bits per heavy atom. The van der Waals surface area contributed by atoms with Gasteiger partial charge in [-0.2, -0.15) is 0 Å². The van der Waals surface area contributed by atoms with Crippen molar-refractivity contribution in [2.24, 2.45) is 0 Å². The molecular weight excluding hydrogens is 343 g/mol. The number of aromatic nitrogens is 2. The van der Waals surface area contributed by atoms with E-state index in [9.17, 15) is 9.18 Å². The zero-order valence-electron chi connectivity index (χ0n) is 15.1. The molecule has 1 amide bonds. The van der Waals surface area contributed by atoms with Crippen molar-refractivity contribution in [3.05, 3.63) is 88.9 Å². The highest BCUT2D eigenvalue weighted by Gasteiger charge is 2.08. The number of nitrogens with zero attached hydrogens (tertiary/aromatic N) is 2. The fraction of sp³-hybridized carbons (Fsp3) is 0.190. The van der Waals surface area contributed by atoms with Gasteiger partial charge in [-0.3, -0.25) is 4.79 Å². The summed E-state index contributed by atoms with van der Waals surface area (Å²) in [5.41, 5.74) is 3.14. The van der Waals surface area contributed by atoms with Crippen LogP contribution in [0.5, 0.6) is 0 Å². The van der Waals surface area contributed by atoms with Crippen LogP contribution in [0.3, 0.4) is 0 Å². The Bertz CT molecular complexity index is 895. The molecule has 3 aromatic rings. The van der Waals surface area contributed by atoms with E-state index in [-0.39, 0.29) is 17.4 Å². The lowest BCUT2D eigenvalue weighted by atomic mass is 10.1. The van der Waals surface area contributed by atoms with Crippen LogP contribution in [0.4, 0.5) is 10.2 Å². The van der Waals surface area contributed by atoms with Crippen molar-refractivity contribution in [1.29, 1.82) is 0 Å². The first-order valence-corrected chi connectivity index (χ1v) is 8.76. The van der Waals surface area contributed by atoms with Crippen LogP contribution in [-0.2, 0) is 13.0 Å². The van der Waals surface area contributed by atoms with Crippen molar-refractivity contribution in [2.45, 2.75) is 19.9 Å². The Morgan fingerprint density at radius 3 is 2.48 bits per heavy atom. The maximum Gasteiger partial charge on any atom is 0.271 e. The molecule has 2 aromatic carbocycles. The van der Waals surface area contributed by atoms with Crippen molar-refractivity contribution in [3.63, 3.8) is 0 Å². The number of carbonyl (C=O) groups excluding carboxylic acids is 1. The van der Waals surface area contributed by atoms with Gasteiger partial charge in [0, 0.05) is 13.1 Å². The Labute approximate surface area is 157 Å². The van der Waals surface area contributed by atoms with E-state index in [2.05, 4.69) is 33.0 Å². The van der Waals surface area contributed by atoms with Gasteiger partial charge >= 0.3 is 0 Å². The van der Waals surface area contributed by atoms with Gasteiger partial charge in [-0.25, -0.2) is 4.39 Å². The molecule has 0 aliphatic rings. The van der Waals surface area contributed by atoms with Crippen LogP contribution in [0, 0.1) is 12.7 Å². The third-order valence-electron chi connectivity index (χ3n) is 4.13. The van der Waals surface area contributed by atoms with Gasteiger partial charge in [0.25, 0.3) is 5.91 Å². The van der Waals surface area contributed by atoms with Gasteiger partial charge in [-0.05, 0) is 42.7 Å². The van der Waals surface area contributed by atoms with Gasteiger partial charge < -0.3 is 10.6 Å². The minimum atomic E-state index is -0.330. The molecular formula is C21H21FN4O. The quantitative estimate of drug-likeness (QED) is 0.673. The lowest BCUT2D eigenvalue weighted by Gasteiger charge is -2.07. The smallest absolute Gasteiger partial charge is 0.271 e. The number of anilines is 1. The molecule has 0 unspecified atom stereocenters. The highest BCUT2D eigenvalue weighted by atomic mass is 19.1. The highest BCUT2D eigenvalue weighted by molar-refractivity contribution is 5.92. The van der Waals surface area contributed by atoms with Gasteiger partial charge in [-0.15, -0.1) is 10.2 Å². The molecule has 0 radical (unpaired) electrons. The molecule has 0 fully saturated rings. The zero-order chi connectivity index (χ0) is 19.1. The number of aryl methyl sites for hydroxylation is 1. The zero-order valence-corrected chi connectivity index (χ0v) is 15.1. The molecule has 0 spiro atoms. The minimum Gasteiger partial charge on any atom is -0.365 e. The van der Waals surface area contributed by atoms with Crippen LogP contribution >= 0.6 is 0 Å². The number of hydrogen-bond acceptors (Lipinski definition) is 4. The van der Waals surface area contributed by atoms with E-state index in [1.165, 1.54) is 11.6 Å². The predicted molar refractivity (Wildman–Crippen MR) is 103 cm³/mol. The maximum atomic E-state index is 13.6. The minimum absolute atomic E-state index is 0.226. The molecule has 27 heavy (non-hydrogen) atoms. The molecule has 0 aliphatic carbocycles. The maximum absolute atomic E-state index is 13.6. The fourth-order valence-corrected chi connectivity index (χ4v) is 2.55. The van der Waals surface area contributed by atoms with Gasteiger partial charge in [0.05, 0.1) is 0 Å². The van der Waals surface area contributed by atoms with Gasteiger partial charge in [-0.1, -0.05) is 48.0 Å². The molecule has 0 saturated carbocycles. The highest BCUT2D eigenvalue weighted by Crippen LogP contribution is 2.08. The number of hydrogen-bond donors (Lipinski definition) is 2. The van der Waals surface area contributed by atoms with Crippen LogP contribution in [0.2, 0.25) is 0 Å². The van der Waals surface area contributed by atoms with Gasteiger partial charge in [0.1, 0.15) is 11.6 Å². The van der Waals surface area contributed by atoms with Crippen molar-refractivity contribution in [2.75, 3.05) is 11.9 Å². The van der Waals surface area contributed by atoms with Crippen molar-refractivity contribution in [1.82, 2.24) is 15.5 Å². The summed E-state index contributed by atoms with van der Waals surface area (Å²) in [6.07, 6.45) is 0.419. The van der Waals surface area contributed by atoms with E-state index in [1.54, 1.807) is 30.3 Å². The first-order valence-electron chi connectivity index (χ1n) is 8.76. The Balaban J connectivity index is 1.48. The monoisotopic (exact) mass is 364 g/mol. The standard InChI is InChI=1S/C21H21FN4O/c1-15-6-8-16(9-7-15)14-24-20-11-10-19(25-26-20)21(27)23-13-12-17-4-2-3-5-18(17)22/h2-11H,12-14H2,1H3,(H,23,27)(H,24,26). The van der Waals surface area contributed by atoms with E-state index < -0.39 is 0 Å². The van der Waals surface area contributed by atoms with E-state index in [1.807, 2.05) is 19.1 Å². The summed E-state index contributed by atoms with van der Waals surface area (Å²) in [4.78, 5) is 12.1. The second-order valence-electron chi connectivity index (χ2n) is 6.24. The molecule has 1 aromatic heterocycles. The number of carbonyl (C=O) groups is 1. The number of halogens is 1. The average molecular weight is 364 g/mol. The summed E-state index contributed by atoms with van der Waals surface area (Å²) >= 11 is 0. The Morgan fingerprint density at radius 2 is 1.78 bits per heavy atom. The first kappa shape index (κ1) is 18.5. The molecule has 0 saturated heterocycles. The molecule has 3 rings (SSSR count). The largest absolute Gasteiger partial charge is 0.365 e. The topological polar surface area (TPSA) is 66.9 Å². The first-order chi connectivity index (χ1) is 13.1. The molecule has 0 aliphatic heterocycles. The van der Waals surface area contributed by atoms with Crippen LogP contribution in [0.25, 0.3) is 0 Å². The lowest BCUT2D eigenvalue weighted by molar-refractivity contribution is 0.0948. The second kappa shape index (κ2) is 8.89. The lowest BCUT2D eigenvalue weighted by Crippen LogP contribution is -2.27. The van der Waals surface area contributed by atoms with Crippen LogP contribution in [-0.4, -0.2) is 22.6 Å². The van der Waals surface area contributed by atoms with Crippen LogP contribution < -0.4 is 10.6 Å². The summed E-state index contributed by atoms with van der Waals surface area (Å²) in [6, 6.07) is 18.1. The summed E-state index contributed by atoms with van der Waals surface area (Å²) in [5.74, 6) is -0.00190. The molecule has 1 heterocycles. The molecule has 138 valence electrons. The molecule has 0 bridgehead atoms. The summed E-state index contributed by atoms with van der Waals surface area (Å²) in [7, 11) is 0. The Kier molecular flexibility index (Phi) is 6.10. The van der Waals surface area contributed by atoms with Crippen molar-refractivity contribution < 1.29 is 9.18 Å². The second-order valence-corrected chi connectivity index (χ2v) is 6.24. The molecule has 6 heteroatoms. The number of rotatable bonds is 7. The van der Waals surface area contributed by atoms with Gasteiger partial charge in [0.2, 0.25) is 0 Å². The van der Waals surface area contributed by atoms with E-state index in [0.717, 1.165) is 5.56 Å².